The Balaban J connectivity index is 1.18. The lowest BCUT2D eigenvalue weighted by atomic mass is 9.75. The summed E-state index contributed by atoms with van der Waals surface area (Å²) in [7, 11) is 1.74. The number of amides is 3. The Morgan fingerprint density at radius 2 is 1.79 bits per heavy atom. The molecule has 3 aliphatic rings. The van der Waals surface area contributed by atoms with Crippen LogP contribution in [0, 0.1) is 11.8 Å². The number of likely N-dealkylation sites (N-methyl/N-ethyl adjacent to an activating group) is 1. The highest BCUT2D eigenvalue weighted by Gasteiger charge is 2.47. The summed E-state index contributed by atoms with van der Waals surface area (Å²) < 4.78 is 0. The molecule has 2 aromatic carbocycles. The van der Waals surface area contributed by atoms with Gasteiger partial charge in [-0.2, -0.15) is 0 Å². The molecule has 1 aliphatic heterocycles. The average Bonchev–Trinajstić information content (AvgIpc) is 3.12. The minimum atomic E-state index is -0.743. The lowest BCUT2D eigenvalue weighted by Gasteiger charge is -2.35. The van der Waals surface area contributed by atoms with Crippen molar-refractivity contribution in [3.8, 4) is 0 Å². The standard InChI is InChI=1S/C31H43N5O2/c1-36-28(37)31(35-29(36)32,18-8-12-22-9-3-2-4-10-22)21-23-11-7-15-26(19-23)33-30(38)34-27-17-16-24-13-5-6-14-25(24)20-27/h5-6,13-14,16-17,20,22-23,26H,2-4,7-12,15,18-19,21H2,1H3,(H2,32,35)(H2,33,34,38)/t23-,26+,31+/m0/s1. The van der Waals surface area contributed by atoms with Crippen LogP contribution in [0.4, 0.5) is 10.5 Å². The van der Waals surface area contributed by atoms with Gasteiger partial charge in [-0.3, -0.25) is 9.69 Å². The number of rotatable bonds is 8. The number of nitrogens with zero attached hydrogens (tertiary/aromatic N) is 2. The third-order valence-corrected chi connectivity index (χ3v) is 9.05. The van der Waals surface area contributed by atoms with Gasteiger partial charge in [0.15, 0.2) is 5.96 Å². The number of hydrogen-bond acceptors (Lipinski definition) is 4. The lowest BCUT2D eigenvalue weighted by Crippen LogP contribution is -2.45. The zero-order valence-electron chi connectivity index (χ0n) is 22.8. The van der Waals surface area contributed by atoms with E-state index in [1.807, 2.05) is 36.4 Å². The number of guanidine groups is 1. The predicted molar refractivity (Wildman–Crippen MR) is 154 cm³/mol. The highest BCUT2D eigenvalue weighted by atomic mass is 16.2. The number of nitrogens with one attached hydrogen (secondary N) is 2. The van der Waals surface area contributed by atoms with Crippen LogP contribution in [0.2, 0.25) is 0 Å². The van der Waals surface area contributed by atoms with Crippen molar-refractivity contribution in [1.29, 1.82) is 0 Å². The van der Waals surface area contributed by atoms with E-state index >= 15 is 0 Å². The number of aliphatic imine (C=N–C) groups is 1. The first-order valence-corrected chi connectivity index (χ1v) is 14.6. The first kappa shape index (κ1) is 26.5. The summed E-state index contributed by atoms with van der Waals surface area (Å²) in [6, 6.07) is 14.0. The van der Waals surface area contributed by atoms with Crippen molar-refractivity contribution in [1.82, 2.24) is 10.2 Å². The minimum absolute atomic E-state index is 0.0442. The molecule has 0 unspecified atom stereocenters. The van der Waals surface area contributed by atoms with Gasteiger partial charge in [-0.1, -0.05) is 88.1 Å². The largest absolute Gasteiger partial charge is 0.369 e. The topological polar surface area (TPSA) is 99.8 Å². The molecule has 0 saturated heterocycles. The van der Waals surface area contributed by atoms with E-state index in [1.54, 1.807) is 7.05 Å². The van der Waals surface area contributed by atoms with Crippen molar-refractivity contribution >= 4 is 34.4 Å². The predicted octanol–water partition coefficient (Wildman–Crippen LogP) is 6.19. The maximum atomic E-state index is 13.4. The van der Waals surface area contributed by atoms with Gasteiger partial charge < -0.3 is 16.4 Å². The van der Waals surface area contributed by atoms with E-state index in [0.29, 0.717) is 18.3 Å². The highest BCUT2D eigenvalue weighted by Crippen LogP contribution is 2.39. The minimum Gasteiger partial charge on any atom is -0.369 e. The van der Waals surface area contributed by atoms with Crippen molar-refractivity contribution in [3.05, 3.63) is 42.5 Å². The fourth-order valence-corrected chi connectivity index (χ4v) is 7.02. The fourth-order valence-electron chi connectivity index (χ4n) is 7.02. The normalized spacial score (nSPS) is 26.4. The quantitative estimate of drug-likeness (QED) is 0.389. The van der Waals surface area contributed by atoms with Crippen molar-refractivity contribution < 1.29 is 9.59 Å². The van der Waals surface area contributed by atoms with Gasteiger partial charge in [-0.15, -0.1) is 0 Å². The highest BCUT2D eigenvalue weighted by molar-refractivity contribution is 6.06. The molecule has 2 aromatic rings. The summed E-state index contributed by atoms with van der Waals surface area (Å²) in [6.07, 6.45) is 14.3. The summed E-state index contributed by atoms with van der Waals surface area (Å²) in [5.41, 5.74) is 6.20. The Bertz CT molecular complexity index is 1170. The molecule has 0 spiro atoms. The van der Waals surface area contributed by atoms with Gasteiger partial charge in [0, 0.05) is 18.8 Å². The molecule has 7 heteroatoms. The van der Waals surface area contributed by atoms with E-state index in [2.05, 4.69) is 16.7 Å². The maximum Gasteiger partial charge on any atom is 0.319 e. The summed E-state index contributed by atoms with van der Waals surface area (Å²) in [6.45, 7) is 0. The average molecular weight is 518 g/mol. The molecule has 3 atom stereocenters. The molecular weight excluding hydrogens is 474 g/mol. The number of carbonyl (C=O) groups excluding carboxylic acids is 2. The molecule has 204 valence electrons. The smallest absolute Gasteiger partial charge is 0.319 e. The van der Waals surface area contributed by atoms with Crippen molar-refractivity contribution in [2.24, 2.45) is 22.6 Å². The Kier molecular flexibility index (Phi) is 8.20. The molecule has 0 aromatic heterocycles. The molecule has 3 amide bonds. The Morgan fingerprint density at radius 3 is 2.55 bits per heavy atom. The number of carbonyl (C=O) groups is 2. The zero-order chi connectivity index (χ0) is 26.5. The lowest BCUT2D eigenvalue weighted by molar-refractivity contribution is -0.131. The number of fused-ring (bicyclic) bond motifs is 1. The van der Waals surface area contributed by atoms with Crippen LogP contribution in [-0.2, 0) is 4.79 Å². The Morgan fingerprint density at radius 1 is 1.03 bits per heavy atom. The van der Waals surface area contributed by atoms with Crippen LogP contribution in [0.1, 0.15) is 83.5 Å². The Labute approximate surface area is 226 Å². The van der Waals surface area contributed by atoms with E-state index in [4.69, 9.17) is 10.7 Å². The molecule has 5 rings (SSSR count). The van der Waals surface area contributed by atoms with Gasteiger partial charge >= 0.3 is 6.03 Å². The molecule has 1 heterocycles. The third kappa shape index (κ3) is 6.13. The van der Waals surface area contributed by atoms with Crippen LogP contribution in [-0.4, -0.2) is 41.4 Å². The zero-order valence-corrected chi connectivity index (χ0v) is 22.8. The Hall–Kier alpha value is -3.09. The second-order valence-corrected chi connectivity index (χ2v) is 11.9. The molecular formula is C31H43N5O2. The second kappa shape index (κ2) is 11.7. The van der Waals surface area contributed by atoms with E-state index in [0.717, 1.165) is 60.9 Å². The molecule has 0 bridgehead atoms. The van der Waals surface area contributed by atoms with E-state index in [1.165, 1.54) is 43.4 Å². The monoisotopic (exact) mass is 517 g/mol. The van der Waals surface area contributed by atoms with Gasteiger partial charge in [0.2, 0.25) is 0 Å². The summed E-state index contributed by atoms with van der Waals surface area (Å²) in [4.78, 5) is 32.6. The van der Waals surface area contributed by atoms with Crippen LogP contribution in [0.5, 0.6) is 0 Å². The van der Waals surface area contributed by atoms with E-state index in [-0.39, 0.29) is 18.0 Å². The maximum absolute atomic E-state index is 13.4. The van der Waals surface area contributed by atoms with Crippen LogP contribution in [0.25, 0.3) is 10.8 Å². The first-order chi connectivity index (χ1) is 18.4. The van der Waals surface area contributed by atoms with E-state index in [9.17, 15) is 9.59 Å². The molecule has 4 N–H and O–H groups in total. The second-order valence-electron chi connectivity index (χ2n) is 11.9. The number of nitrogens with two attached hydrogens (primary N) is 1. The van der Waals surface area contributed by atoms with Gasteiger partial charge in [0.05, 0.1) is 0 Å². The van der Waals surface area contributed by atoms with Gasteiger partial charge in [0.1, 0.15) is 5.54 Å². The van der Waals surface area contributed by atoms with Crippen molar-refractivity contribution in [2.75, 3.05) is 12.4 Å². The van der Waals surface area contributed by atoms with Crippen LogP contribution >= 0.6 is 0 Å². The molecule has 0 radical (unpaired) electrons. The molecule has 2 saturated carbocycles. The molecule has 2 aliphatic carbocycles. The molecule has 2 fully saturated rings. The summed E-state index contributed by atoms with van der Waals surface area (Å²) in [5.74, 6) is 1.51. The number of anilines is 1. The molecule has 7 nitrogen and oxygen atoms in total. The summed E-state index contributed by atoms with van der Waals surface area (Å²) >= 11 is 0. The van der Waals surface area contributed by atoms with Gasteiger partial charge in [0.25, 0.3) is 5.91 Å². The SMILES string of the molecule is CN1C(=O)[C@@](CCCC2CCCCC2)(C[C@H]2CCC[C@@H](NC(=O)Nc3ccc4ccccc4c3)C2)N=C1N. The molecule has 38 heavy (non-hydrogen) atoms. The third-order valence-electron chi connectivity index (χ3n) is 9.05. The number of urea groups is 1. The van der Waals surface area contributed by atoms with Crippen LogP contribution in [0.3, 0.4) is 0 Å². The van der Waals surface area contributed by atoms with Crippen molar-refractivity contribution in [3.63, 3.8) is 0 Å². The van der Waals surface area contributed by atoms with Crippen LogP contribution in [0.15, 0.2) is 47.5 Å². The van der Waals surface area contributed by atoms with Gasteiger partial charge in [-0.25, -0.2) is 9.79 Å². The van der Waals surface area contributed by atoms with Crippen molar-refractivity contribution in [2.45, 2.75) is 95.1 Å². The first-order valence-electron chi connectivity index (χ1n) is 14.6. The fraction of sp³-hybridized carbons (Fsp3) is 0.581. The van der Waals surface area contributed by atoms with E-state index < -0.39 is 5.54 Å². The van der Waals surface area contributed by atoms with Crippen LogP contribution < -0.4 is 16.4 Å². The number of benzene rings is 2. The number of hydrogen-bond donors (Lipinski definition) is 3. The van der Waals surface area contributed by atoms with Gasteiger partial charge in [-0.05, 0) is 60.4 Å². The summed E-state index contributed by atoms with van der Waals surface area (Å²) in [5, 5.41) is 8.45.